The summed E-state index contributed by atoms with van der Waals surface area (Å²) in [7, 11) is -3.46. The SMILES string of the molecule is O=S(=O)(CCC1CCCCN1)Nc1cc(Cl)c(Cl)cc1Cl. The Morgan fingerprint density at radius 2 is 1.86 bits per heavy atom. The van der Waals surface area contributed by atoms with Crippen molar-refractivity contribution >= 4 is 50.5 Å². The summed E-state index contributed by atoms with van der Waals surface area (Å²) in [5.41, 5.74) is 0.252. The van der Waals surface area contributed by atoms with E-state index in [1.165, 1.54) is 12.1 Å². The van der Waals surface area contributed by atoms with E-state index in [0.717, 1.165) is 25.8 Å². The van der Waals surface area contributed by atoms with Crippen LogP contribution in [0.3, 0.4) is 0 Å². The van der Waals surface area contributed by atoms with Crippen molar-refractivity contribution in [2.45, 2.75) is 31.7 Å². The van der Waals surface area contributed by atoms with Gasteiger partial charge >= 0.3 is 0 Å². The number of hydrogen-bond acceptors (Lipinski definition) is 3. The van der Waals surface area contributed by atoms with Gasteiger partial charge in [0.2, 0.25) is 10.0 Å². The normalized spacial score (nSPS) is 19.5. The molecule has 0 spiro atoms. The molecule has 4 nitrogen and oxygen atoms in total. The van der Waals surface area contributed by atoms with Crippen molar-refractivity contribution in [1.29, 1.82) is 0 Å². The van der Waals surface area contributed by atoms with Gasteiger partial charge in [-0.1, -0.05) is 41.2 Å². The molecule has 0 aromatic heterocycles. The summed E-state index contributed by atoms with van der Waals surface area (Å²) < 4.78 is 26.7. The lowest BCUT2D eigenvalue weighted by molar-refractivity contribution is 0.393. The monoisotopic (exact) mass is 370 g/mol. The van der Waals surface area contributed by atoms with Crippen LogP contribution in [0.15, 0.2) is 12.1 Å². The van der Waals surface area contributed by atoms with E-state index < -0.39 is 10.0 Å². The Balaban J connectivity index is 1.98. The van der Waals surface area contributed by atoms with Gasteiger partial charge in [0.15, 0.2) is 0 Å². The van der Waals surface area contributed by atoms with E-state index in [4.69, 9.17) is 34.8 Å². The summed E-state index contributed by atoms with van der Waals surface area (Å²) in [6.45, 7) is 0.955. The summed E-state index contributed by atoms with van der Waals surface area (Å²) >= 11 is 17.7. The van der Waals surface area contributed by atoms with Crippen molar-refractivity contribution in [3.63, 3.8) is 0 Å². The van der Waals surface area contributed by atoms with Gasteiger partial charge in [-0.05, 0) is 37.9 Å². The predicted octanol–water partition coefficient (Wildman–Crippen LogP) is 3.92. The molecule has 1 aliphatic rings. The number of hydrogen-bond donors (Lipinski definition) is 2. The first-order valence-electron chi connectivity index (χ1n) is 6.76. The van der Waals surface area contributed by atoms with Gasteiger partial charge in [0.25, 0.3) is 0 Å². The number of halogens is 3. The van der Waals surface area contributed by atoms with E-state index in [2.05, 4.69) is 10.0 Å². The fraction of sp³-hybridized carbons (Fsp3) is 0.538. The second kappa shape index (κ2) is 7.38. The number of benzene rings is 1. The standard InChI is InChI=1S/C13H17Cl3N2O2S/c14-10-7-12(16)13(8-11(10)15)18-21(19,20)6-4-9-3-1-2-5-17-9/h7-9,17-18H,1-6H2. The Morgan fingerprint density at radius 1 is 1.14 bits per heavy atom. The zero-order valence-electron chi connectivity index (χ0n) is 11.3. The molecule has 0 radical (unpaired) electrons. The van der Waals surface area contributed by atoms with Gasteiger partial charge in [-0.3, -0.25) is 4.72 Å². The number of piperidine rings is 1. The van der Waals surface area contributed by atoms with Crippen molar-refractivity contribution in [2.75, 3.05) is 17.0 Å². The number of nitrogens with one attached hydrogen (secondary N) is 2. The molecule has 0 amide bonds. The molecule has 1 aliphatic heterocycles. The maximum atomic E-state index is 12.1. The van der Waals surface area contributed by atoms with Gasteiger partial charge < -0.3 is 5.32 Å². The topological polar surface area (TPSA) is 58.2 Å². The van der Waals surface area contributed by atoms with E-state index in [9.17, 15) is 8.42 Å². The van der Waals surface area contributed by atoms with Crippen LogP contribution in [-0.2, 0) is 10.0 Å². The van der Waals surface area contributed by atoms with E-state index in [1.54, 1.807) is 0 Å². The third kappa shape index (κ3) is 5.18. The first-order chi connectivity index (χ1) is 9.87. The van der Waals surface area contributed by atoms with Crippen LogP contribution in [0.4, 0.5) is 5.69 Å². The van der Waals surface area contributed by atoms with Crippen molar-refractivity contribution in [1.82, 2.24) is 5.32 Å². The minimum Gasteiger partial charge on any atom is -0.314 e. The van der Waals surface area contributed by atoms with Crippen LogP contribution >= 0.6 is 34.8 Å². The summed E-state index contributed by atoms with van der Waals surface area (Å²) in [5, 5.41) is 4.10. The Labute approximate surface area is 140 Å². The van der Waals surface area contributed by atoms with Gasteiger partial charge in [0, 0.05) is 6.04 Å². The second-order valence-corrected chi connectivity index (χ2v) is 8.17. The highest BCUT2D eigenvalue weighted by Gasteiger charge is 2.18. The molecule has 1 unspecified atom stereocenters. The molecule has 21 heavy (non-hydrogen) atoms. The van der Waals surface area contributed by atoms with Crippen molar-refractivity contribution in [3.05, 3.63) is 27.2 Å². The zero-order valence-corrected chi connectivity index (χ0v) is 14.4. The highest BCUT2D eigenvalue weighted by Crippen LogP contribution is 2.32. The Hall–Kier alpha value is -0.200. The summed E-state index contributed by atoms with van der Waals surface area (Å²) in [5.74, 6) is 0.0429. The van der Waals surface area contributed by atoms with Crippen molar-refractivity contribution in [3.8, 4) is 0 Å². The van der Waals surface area contributed by atoms with Gasteiger partial charge in [-0.2, -0.15) is 0 Å². The van der Waals surface area contributed by atoms with Crippen LogP contribution in [0.25, 0.3) is 0 Å². The largest absolute Gasteiger partial charge is 0.314 e. The molecule has 0 saturated carbocycles. The first kappa shape index (κ1) is 17.2. The van der Waals surface area contributed by atoms with Crippen LogP contribution in [-0.4, -0.2) is 26.8 Å². The second-order valence-electron chi connectivity index (χ2n) is 5.10. The third-order valence-electron chi connectivity index (χ3n) is 3.42. The first-order valence-corrected chi connectivity index (χ1v) is 9.54. The fourth-order valence-electron chi connectivity index (χ4n) is 2.29. The van der Waals surface area contributed by atoms with Gasteiger partial charge in [0.05, 0.1) is 26.5 Å². The highest BCUT2D eigenvalue weighted by molar-refractivity contribution is 7.92. The van der Waals surface area contributed by atoms with Gasteiger partial charge in [-0.15, -0.1) is 0 Å². The number of sulfonamides is 1. The maximum absolute atomic E-state index is 12.1. The lowest BCUT2D eigenvalue weighted by atomic mass is 10.0. The summed E-state index contributed by atoms with van der Waals surface area (Å²) in [6, 6.07) is 3.11. The maximum Gasteiger partial charge on any atom is 0.232 e. The molecule has 118 valence electrons. The van der Waals surface area contributed by atoms with Gasteiger partial charge in [0.1, 0.15) is 0 Å². The van der Waals surface area contributed by atoms with Gasteiger partial charge in [-0.25, -0.2) is 8.42 Å². The van der Waals surface area contributed by atoms with Crippen LogP contribution in [0.5, 0.6) is 0 Å². The van der Waals surface area contributed by atoms with Crippen LogP contribution in [0, 0.1) is 0 Å². The summed E-state index contributed by atoms with van der Waals surface area (Å²) in [6.07, 6.45) is 3.89. The molecule has 1 aromatic rings. The van der Waals surface area contributed by atoms with E-state index in [1.807, 2.05) is 0 Å². The zero-order chi connectivity index (χ0) is 15.5. The Bertz CT molecular complexity index is 602. The lowest BCUT2D eigenvalue weighted by Crippen LogP contribution is -2.36. The average molecular weight is 372 g/mol. The molecule has 0 aliphatic carbocycles. The molecule has 0 bridgehead atoms. The molecule has 1 aromatic carbocycles. The molecule has 1 saturated heterocycles. The van der Waals surface area contributed by atoms with Crippen LogP contribution < -0.4 is 10.0 Å². The average Bonchev–Trinajstić information content (AvgIpc) is 2.44. The van der Waals surface area contributed by atoms with E-state index >= 15 is 0 Å². The highest BCUT2D eigenvalue weighted by atomic mass is 35.5. The Morgan fingerprint density at radius 3 is 2.52 bits per heavy atom. The van der Waals surface area contributed by atoms with E-state index in [0.29, 0.717) is 6.42 Å². The quantitative estimate of drug-likeness (QED) is 0.771. The molecular weight excluding hydrogens is 355 g/mol. The molecule has 1 heterocycles. The third-order valence-corrected chi connectivity index (χ3v) is 5.76. The number of rotatable bonds is 5. The molecule has 1 atom stereocenters. The smallest absolute Gasteiger partial charge is 0.232 e. The Kier molecular flexibility index (Phi) is 6.03. The molecule has 2 rings (SSSR count). The number of anilines is 1. The fourth-order valence-corrected chi connectivity index (χ4v) is 4.14. The molecule has 1 fully saturated rings. The van der Waals surface area contributed by atoms with Crippen LogP contribution in [0.1, 0.15) is 25.7 Å². The molecular formula is C13H17Cl3N2O2S. The van der Waals surface area contributed by atoms with Crippen LogP contribution in [0.2, 0.25) is 15.1 Å². The molecule has 2 N–H and O–H groups in total. The van der Waals surface area contributed by atoms with Crippen molar-refractivity contribution in [2.24, 2.45) is 0 Å². The van der Waals surface area contributed by atoms with Crippen molar-refractivity contribution < 1.29 is 8.42 Å². The minimum absolute atomic E-state index is 0.0429. The summed E-state index contributed by atoms with van der Waals surface area (Å²) in [4.78, 5) is 0. The lowest BCUT2D eigenvalue weighted by Gasteiger charge is -2.23. The van der Waals surface area contributed by atoms with E-state index in [-0.39, 0.29) is 32.5 Å². The minimum atomic E-state index is -3.46. The molecule has 8 heteroatoms. The predicted molar refractivity (Wildman–Crippen MR) is 89.1 cm³/mol.